The largest absolute Gasteiger partial charge is 0.299 e. The maximum Gasteiger partial charge on any atom is 0.137 e. The van der Waals surface area contributed by atoms with Crippen LogP contribution in [-0.4, -0.2) is 5.78 Å². The summed E-state index contributed by atoms with van der Waals surface area (Å²) in [6.07, 6.45) is 6.11. The van der Waals surface area contributed by atoms with Crippen molar-refractivity contribution < 1.29 is 9.18 Å². The average molecular weight is 234 g/mol. The molecule has 0 aromatic heterocycles. The van der Waals surface area contributed by atoms with Crippen molar-refractivity contribution >= 4 is 5.78 Å². The van der Waals surface area contributed by atoms with E-state index in [1.165, 1.54) is 37.8 Å². The number of hydrogen-bond donors (Lipinski definition) is 0. The van der Waals surface area contributed by atoms with Gasteiger partial charge >= 0.3 is 0 Å². The molecule has 0 amide bonds. The lowest BCUT2D eigenvalue weighted by molar-refractivity contribution is -0.119. The van der Waals surface area contributed by atoms with Gasteiger partial charge in [0.05, 0.1) is 0 Å². The minimum atomic E-state index is -0.227. The molecular formula is C15H19FO. The van der Waals surface area contributed by atoms with Crippen molar-refractivity contribution in [2.45, 2.75) is 45.4 Å². The minimum absolute atomic E-state index is 0.227. The molecule has 0 aliphatic heterocycles. The number of ketones is 1. The van der Waals surface area contributed by atoms with Crippen LogP contribution < -0.4 is 0 Å². The molecule has 1 aromatic rings. The molecule has 0 N–H and O–H groups in total. The predicted molar refractivity (Wildman–Crippen MR) is 66.4 cm³/mol. The van der Waals surface area contributed by atoms with Gasteiger partial charge in [-0.25, -0.2) is 4.39 Å². The lowest BCUT2D eigenvalue weighted by Crippen LogP contribution is -2.09. The first-order valence-electron chi connectivity index (χ1n) is 6.42. The summed E-state index contributed by atoms with van der Waals surface area (Å²) in [4.78, 5) is 11.9. The van der Waals surface area contributed by atoms with Gasteiger partial charge in [-0.1, -0.05) is 31.7 Å². The Bertz CT molecular complexity index is 405. The first-order valence-corrected chi connectivity index (χ1v) is 6.42. The third-order valence-corrected chi connectivity index (χ3v) is 3.68. The molecule has 1 aliphatic carbocycles. The van der Waals surface area contributed by atoms with Gasteiger partial charge in [0.1, 0.15) is 11.6 Å². The molecule has 0 bridgehead atoms. The lowest BCUT2D eigenvalue weighted by Gasteiger charge is -2.09. The number of benzene rings is 1. The van der Waals surface area contributed by atoms with E-state index in [0.717, 1.165) is 11.1 Å². The van der Waals surface area contributed by atoms with Crippen LogP contribution in [0, 0.1) is 18.7 Å². The molecule has 0 unspecified atom stereocenters. The summed E-state index contributed by atoms with van der Waals surface area (Å²) in [6.45, 7) is 1.86. The third kappa shape index (κ3) is 3.39. The number of carbonyl (C=O) groups excluding carboxylic acids is 1. The number of rotatable bonds is 4. The van der Waals surface area contributed by atoms with E-state index in [-0.39, 0.29) is 5.82 Å². The topological polar surface area (TPSA) is 17.1 Å². The molecule has 2 rings (SSSR count). The second-order valence-corrected chi connectivity index (χ2v) is 5.14. The number of hydrogen-bond acceptors (Lipinski definition) is 1. The van der Waals surface area contributed by atoms with Crippen molar-refractivity contribution in [2.24, 2.45) is 5.92 Å². The number of Topliss-reactive ketones (excluding diaryl/α,β-unsaturated/α-hetero) is 1. The summed E-state index contributed by atoms with van der Waals surface area (Å²) in [5, 5.41) is 0. The van der Waals surface area contributed by atoms with E-state index in [1.54, 1.807) is 6.07 Å². The van der Waals surface area contributed by atoms with E-state index >= 15 is 0 Å². The summed E-state index contributed by atoms with van der Waals surface area (Å²) in [6, 6.07) is 4.67. The van der Waals surface area contributed by atoms with E-state index in [0.29, 0.717) is 24.5 Å². The molecule has 1 nitrogen and oxygen atoms in total. The monoisotopic (exact) mass is 234 g/mol. The van der Waals surface area contributed by atoms with Crippen LogP contribution in [-0.2, 0) is 11.2 Å². The molecule has 0 spiro atoms. The number of carbonyl (C=O) groups is 1. The average Bonchev–Trinajstić information content (AvgIpc) is 2.75. The fraction of sp³-hybridized carbons (Fsp3) is 0.533. The highest BCUT2D eigenvalue weighted by Crippen LogP contribution is 2.28. The minimum Gasteiger partial charge on any atom is -0.299 e. The highest BCUT2D eigenvalue weighted by molar-refractivity contribution is 5.81. The molecule has 0 heterocycles. The maximum atomic E-state index is 12.9. The van der Waals surface area contributed by atoms with Crippen LogP contribution in [0.5, 0.6) is 0 Å². The molecule has 1 aromatic carbocycles. The number of aryl methyl sites for hydroxylation is 1. The molecule has 1 aliphatic rings. The Kier molecular flexibility index (Phi) is 3.93. The summed E-state index contributed by atoms with van der Waals surface area (Å²) in [7, 11) is 0. The van der Waals surface area contributed by atoms with Crippen LogP contribution in [0.15, 0.2) is 18.2 Å². The molecule has 2 heteroatoms. The van der Waals surface area contributed by atoms with Crippen molar-refractivity contribution in [3.05, 3.63) is 35.1 Å². The van der Waals surface area contributed by atoms with Gasteiger partial charge in [-0.3, -0.25) is 4.79 Å². The van der Waals surface area contributed by atoms with Crippen molar-refractivity contribution in [3.63, 3.8) is 0 Å². The zero-order valence-corrected chi connectivity index (χ0v) is 10.3. The molecule has 0 saturated heterocycles. The zero-order valence-electron chi connectivity index (χ0n) is 10.3. The molecule has 1 saturated carbocycles. The summed E-state index contributed by atoms with van der Waals surface area (Å²) >= 11 is 0. The molecule has 1 fully saturated rings. The molecule has 0 radical (unpaired) electrons. The van der Waals surface area contributed by atoms with Crippen LogP contribution in [0.3, 0.4) is 0 Å². The van der Waals surface area contributed by atoms with E-state index in [9.17, 15) is 9.18 Å². The lowest BCUT2D eigenvalue weighted by atomic mass is 9.95. The SMILES string of the molecule is Cc1cc(F)ccc1CC(=O)CC1CCCC1. The van der Waals surface area contributed by atoms with Gasteiger partial charge < -0.3 is 0 Å². The van der Waals surface area contributed by atoms with Gasteiger partial charge in [0.2, 0.25) is 0 Å². The molecule has 92 valence electrons. The Morgan fingerprint density at radius 2 is 2.06 bits per heavy atom. The van der Waals surface area contributed by atoms with Crippen LogP contribution in [0.2, 0.25) is 0 Å². The van der Waals surface area contributed by atoms with Crippen LogP contribution in [0.4, 0.5) is 4.39 Å². The first kappa shape index (κ1) is 12.3. The highest BCUT2D eigenvalue weighted by atomic mass is 19.1. The smallest absolute Gasteiger partial charge is 0.137 e. The Morgan fingerprint density at radius 3 is 2.71 bits per heavy atom. The van der Waals surface area contributed by atoms with E-state index in [1.807, 2.05) is 6.92 Å². The van der Waals surface area contributed by atoms with Crippen LogP contribution >= 0.6 is 0 Å². The van der Waals surface area contributed by atoms with Crippen LogP contribution in [0.25, 0.3) is 0 Å². The van der Waals surface area contributed by atoms with Crippen molar-refractivity contribution in [3.8, 4) is 0 Å². The van der Waals surface area contributed by atoms with Crippen LogP contribution in [0.1, 0.15) is 43.2 Å². The van der Waals surface area contributed by atoms with E-state index < -0.39 is 0 Å². The van der Waals surface area contributed by atoms with E-state index in [4.69, 9.17) is 0 Å². The van der Waals surface area contributed by atoms with Crippen molar-refractivity contribution in [1.29, 1.82) is 0 Å². The normalized spacial score (nSPS) is 16.4. The van der Waals surface area contributed by atoms with Gasteiger partial charge in [0.15, 0.2) is 0 Å². The summed E-state index contributed by atoms with van der Waals surface area (Å²) in [5.74, 6) is 0.671. The van der Waals surface area contributed by atoms with E-state index in [2.05, 4.69) is 0 Å². The first-order chi connectivity index (χ1) is 8.15. The van der Waals surface area contributed by atoms with Gasteiger partial charge in [-0.05, 0) is 36.1 Å². The molecule has 0 atom stereocenters. The standard InChI is InChI=1S/C15H19FO/c1-11-8-14(16)7-6-13(11)10-15(17)9-12-4-2-3-5-12/h6-8,12H,2-5,9-10H2,1H3. The Labute approximate surface area is 102 Å². The Balaban J connectivity index is 1.93. The van der Waals surface area contributed by atoms with Gasteiger partial charge in [-0.15, -0.1) is 0 Å². The Morgan fingerprint density at radius 1 is 1.35 bits per heavy atom. The quantitative estimate of drug-likeness (QED) is 0.774. The van der Waals surface area contributed by atoms with Gasteiger partial charge in [0, 0.05) is 12.8 Å². The summed E-state index contributed by atoms with van der Waals surface area (Å²) < 4.78 is 12.9. The molecular weight excluding hydrogens is 215 g/mol. The van der Waals surface area contributed by atoms with Gasteiger partial charge in [0.25, 0.3) is 0 Å². The molecule has 17 heavy (non-hydrogen) atoms. The Hall–Kier alpha value is -1.18. The van der Waals surface area contributed by atoms with Crippen molar-refractivity contribution in [1.82, 2.24) is 0 Å². The maximum absolute atomic E-state index is 12.9. The second kappa shape index (κ2) is 5.44. The fourth-order valence-corrected chi connectivity index (χ4v) is 2.68. The third-order valence-electron chi connectivity index (χ3n) is 3.68. The predicted octanol–water partition coefficient (Wildman–Crippen LogP) is 3.83. The highest BCUT2D eigenvalue weighted by Gasteiger charge is 2.18. The van der Waals surface area contributed by atoms with Crippen molar-refractivity contribution in [2.75, 3.05) is 0 Å². The summed E-state index contributed by atoms with van der Waals surface area (Å²) in [5.41, 5.74) is 1.85. The zero-order chi connectivity index (χ0) is 12.3. The fourth-order valence-electron chi connectivity index (χ4n) is 2.68. The second-order valence-electron chi connectivity index (χ2n) is 5.14. The van der Waals surface area contributed by atoms with Gasteiger partial charge in [-0.2, -0.15) is 0 Å². The number of halogens is 1.